The molecule has 4 aromatic rings. The van der Waals surface area contributed by atoms with Crippen LogP contribution in [0, 0.1) is 11.7 Å². The van der Waals surface area contributed by atoms with Gasteiger partial charge in [-0.05, 0) is 55.7 Å². The fourth-order valence-corrected chi connectivity index (χ4v) is 3.89. The minimum atomic E-state index is -0.303. The highest BCUT2D eigenvalue weighted by atomic mass is 19.1. The number of nitrogens with zero attached hydrogens (tertiary/aromatic N) is 2. The molecule has 0 aliphatic heterocycles. The molecular weight excluding hydrogens is 357 g/mol. The first kappa shape index (κ1) is 17.0. The number of furan rings is 1. The third-order valence-electron chi connectivity index (χ3n) is 5.47. The summed E-state index contributed by atoms with van der Waals surface area (Å²) in [4.78, 5) is 17.0. The molecule has 1 saturated carbocycles. The van der Waals surface area contributed by atoms with Gasteiger partial charge in [-0.15, -0.1) is 0 Å². The molecule has 142 valence electrons. The largest absolute Gasteiger partial charge is 0.459 e. The third-order valence-corrected chi connectivity index (χ3v) is 5.47. The zero-order valence-electron chi connectivity index (χ0n) is 15.4. The zero-order chi connectivity index (χ0) is 19.3. The Labute approximate surface area is 161 Å². The Hall–Kier alpha value is -3.15. The number of nitrogens with one attached hydrogen (secondary N) is 1. The number of fused-ring (bicyclic) bond motifs is 2. The number of carbonyl (C=O) groups excluding carboxylic acids is 1. The maximum absolute atomic E-state index is 13.3. The summed E-state index contributed by atoms with van der Waals surface area (Å²) in [5.74, 6) is 1.97. The van der Waals surface area contributed by atoms with E-state index in [0.717, 1.165) is 17.8 Å². The van der Waals surface area contributed by atoms with Crippen molar-refractivity contribution in [3.05, 3.63) is 72.3 Å². The van der Waals surface area contributed by atoms with Gasteiger partial charge in [-0.25, -0.2) is 9.37 Å². The average Bonchev–Trinajstić information content (AvgIpc) is 3.12. The Morgan fingerprint density at radius 3 is 3.14 bits per heavy atom. The normalized spacial score (nSPS) is 19.8. The molecule has 1 aromatic carbocycles. The molecular formula is C22H20FN3O2. The van der Waals surface area contributed by atoms with Gasteiger partial charge in [0.1, 0.15) is 23.0 Å². The second-order valence-corrected chi connectivity index (χ2v) is 7.54. The first-order valence-corrected chi connectivity index (χ1v) is 9.49. The lowest BCUT2D eigenvalue weighted by atomic mass is 10.2. The van der Waals surface area contributed by atoms with Gasteiger partial charge in [-0.2, -0.15) is 0 Å². The van der Waals surface area contributed by atoms with Crippen LogP contribution in [0.1, 0.15) is 43.3 Å². The third kappa shape index (κ3) is 3.05. The molecule has 5 rings (SSSR count). The van der Waals surface area contributed by atoms with Crippen molar-refractivity contribution in [2.45, 2.75) is 31.7 Å². The fraction of sp³-hybridized carbons (Fsp3) is 0.273. The molecule has 3 atom stereocenters. The quantitative estimate of drug-likeness (QED) is 0.553. The van der Waals surface area contributed by atoms with Crippen molar-refractivity contribution in [1.82, 2.24) is 14.7 Å². The van der Waals surface area contributed by atoms with Crippen LogP contribution >= 0.6 is 0 Å². The number of carbonyl (C=O) groups is 1. The highest BCUT2D eigenvalue weighted by Crippen LogP contribution is 2.49. The number of amides is 1. The molecule has 1 aliphatic carbocycles. The number of benzene rings is 1. The maximum Gasteiger partial charge on any atom is 0.220 e. The van der Waals surface area contributed by atoms with Crippen LogP contribution in [0.3, 0.4) is 0 Å². The maximum atomic E-state index is 13.3. The van der Waals surface area contributed by atoms with E-state index in [1.54, 1.807) is 12.1 Å². The van der Waals surface area contributed by atoms with Crippen LogP contribution in [-0.4, -0.2) is 15.3 Å². The van der Waals surface area contributed by atoms with Gasteiger partial charge in [0.2, 0.25) is 5.91 Å². The van der Waals surface area contributed by atoms with E-state index in [0.29, 0.717) is 35.0 Å². The minimum absolute atomic E-state index is 0.00695. The number of rotatable bonds is 5. The number of hydrogen-bond donors (Lipinski definition) is 1. The summed E-state index contributed by atoms with van der Waals surface area (Å²) in [6.07, 6.45) is 5.32. The molecule has 28 heavy (non-hydrogen) atoms. The van der Waals surface area contributed by atoms with Crippen molar-refractivity contribution in [3.8, 4) is 0 Å². The number of halogens is 1. The van der Waals surface area contributed by atoms with Crippen LogP contribution in [-0.2, 0) is 4.79 Å². The summed E-state index contributed by atoms with van der Waals surface area (Å²) in [5.41, 5.74) is 1.69. The lowest BCUT2D eigenvalue weighted by molar-refractivity contribution is -0.122. The van der Waals surface area contributed by atoms with E-state index < -0.39 is 0 Å². The highest BCUT2D eigenvalue weighted by molar-refractivity contribution is 5.79. The molecule has 1 fully saturated rings. The first-order valence-electron chi connectivity index (χ1n) is 9.49. The monoisotopic (exact) mass is 377 g/mol. The van der Waals surface area contributed by atoms with Crippen molar-refractivity contribution in [3.63, 3.8) is 0 Å². The lowest BCUT2D eigenvalue weighted by Gasteiger charge is -2.11. The summed E-state index contributed by atoms with van der Waals surface area (Å²) in [6, 6.07) is 11.9. The summed E-state index contributed by atoms with van der Waals surface area (Å²) in [5, 5.41) is 3.69. The van der Waals surface area contributed by atoms with Crippen molar-refractivity contribution in [1.29, 1.82) is 0 Å². The van der Waals surface area contributed by atoms with Crippen LogP contribution < -0.4 is 5.32 Å². The van der Waals surface area contributed by atoms with Crippen LogP contribution in [0.5, 0.6) is 0 Å². The number of imidazole rings is 1. The molecule has 3 aromatic heterocycles. The van der Waals surface area contributed by atoms with Crippen LogP contribution in [0.25, 0.3) is 16.5 Å². The van der Waals surface area contributed by atoms with Crippen molar-refractivity contribution >= 4 is 22.4 Å². The minimum Gasteiger partial charge on any atom is -0.459 e. The summed E-state index contributed by atoms with van der Waals surface area (Å²) in [7, 11) is 0. The predicted octanol–water partition coefficient (Wildman–Crippen LogP) is 4.59. The van der Waals surface area contributed by atoms with E-state index in [1.807, 2.05) is 37.5 Å². The van der Waals surface area contributed by atoms with E-state index in [9.17, 15) is 9.18 Å². The molecule has 1 amide bonds. The van der Waals surface area contributed by atoms with Crippen molar-refractivity contribution < 1.29 is 13.6 Å². The summed E-state index contributed by atoms with van der Waals surface area (Å²) < 4.78 is 21.2. The van der Waals surface area contributed by atoms with Crippen LogP contribution in [0.4, 0.5) is 4.39 Å². The Bertz CT molecular complexity index is 1180. The van der Waals surface area contributed by atoms with Gasteiger partial charge in [-0.3, -0.25) is 4.79 Å². The molecule has 0 spiro atoms. The average molecular weight is 377 g/mol. The van der Waals surface area contributed by atoms with E-state index in [2.05, 4.69) is 14.7 Å². The van der Waals surface area contributed by atoms with Crippen molar-refractivity contribution in [2.24, 2.45) is 5.92 Å². The van der Waals surface area contributed by atoms with Gasteiger partial charge >= 0.3 is 0 Å². The molecule has 0 unspecified atom stereocenters. The second kappa shape index (κ2) is 6.48. The van der Waals surface area contributed by atoms with E-state index >= 15 is 0 Å². The van der Waals surface area contributed by atoms with Gasteiger partial charge in [-0.1, -0.05) is 6.07 Å². The van der Waals surface area contributed by atoms with Crippen LogP contribution in [0.15, 0.2) is 59.3 Å². The Balaban J connectivity index is 1.22. The van der Waals surface area contributed by atoms with Gasteiger partial charge < -0.3 is 14.1 Å². The zero-order valence-corrected chi connectivity index (χ0v) is 15.4. The van der Waals surface area contributed by atoms with E-state index in [-0.39, 0.29) is 17.8 Å². The first-order chi connectivity index (χ1) is 13.6. The van der Waals surface area contributed by atoms with Gasteiger partial charge in [0.25, 0.3) is 0 Å². The molecule has 1 N–H and O–H groups in total. The SMILES string of the molecule is C[C@@H](NC(=O)C[C@@H]1C[C@H]1c1ncc2ccccn12)c1cc2cc(F)ccc2o1. The Morgan fingerprint density at radius 2 is 2.25 bits per heavy atom. The van der Waals surface area contributed by atoms with Crippen molar-refractivity contribution in [2.75, 3.05) is 0 Å². The molecule has 0 radical (unpaired) electrons. The number of hydrogen-bond acceptors (Lipinski definition) is 3. The molecule has 3 heterocycles. The second-order valence-electron chi connectivity index (χ2n) is 7.54. The lowest BCUT2D eigenvalue weighted by Crippen LogP contribution is -2.26. The van der Waals surface area contributed by atoms with Gasteiger partial charge in [0.05, 0.1) is 17.8 Å². The van der Waals surface area contributed by atoms with Crippen LogP contribution in [0.2, 0.25) is 0 Å². The van der Waals surface area contributed by atoms with E-state index in [1.165, 1.54) is 12.1 Å². The predicted molar refractivity (Wildman–Crippen MR) is 103 cm³/mol. The number of pyridine rings is 1. The molecule has 0 bridgehead atoms. The van der Waals surface area contributed by atoms with E-state index in [4.69, 9.17) is 4.42 Å². The highest BCUT2D eigenvalue weighted by Gasteiger charge is 2.42. The van der Waals surface area contributed by atoms with Gasteiger partial charge in [0.15, 0.2) is 0 Å². The molecule has 0 saturated heterocycles. The summed E-state index contributed by atoms with van der Waals surface area (Å²) in [6.45, 7) is 1.87. The fourth-order valence-electron chi connectivity index (χ4n) is 3.89. The Morgan fingerprint density at radius 1 is 1.36 bits per heavy atom. The molecule has 6 heteroatoms. The molecule has 5 nitrogen and oxygen atoms in total. The Kier molecular flexibility index (Phi) is 3.93. The molecule has 1 aliphatic rings. The topological polar surface area (TPSA) is 59.5 Å². The smallest absolute Gasteiger partial charge is 0.220 e. The number of aromatic nitrogens is 2. The standard InChI is InChI=1S/C22H20FN3O2/c1-13(20-10-15-8-16(23)5-6-19(15)28-20)25-21(27)11-14-9-18(14)22-24-12-17-4-2-3-7-26(17)22/h2-8,10,12-14,18H,9,11H2,1H3,(H,25,27)/t13-,14+,18-/m1/s1. The summed E-state index contributed by atoms with van der Waals surface area (Å²) >= 11 is 0. The van der Waals surface area contributed by atoms with Gasteiger partial charge in [0, 0.05) is 23.9 Å².